The summed E-state index contributed by atoms with van der Waals surface area (Å²) in [4.78, 5) is 24.5. The number of aromatic nitrogens is 2. The Bertz CT molecular complexity index is 733. The minimum atomic E-state index is -0.266. The van der Waals surface area contributed by atoms with Crippen LogP contribution >= 0.6 is 23.2 Å². The van der Waals surface area contributed by atoms with E-state index >= 15 is 0 Å². The monoisotopic (exact) mass is 354 g/mol. The molecule has 2 heterocycles. The van der Waals surface area contributed by atoms with Gasteiger partial charge in [-0.15, -0.1) is 0 Å². The molecule has 0 radical (unpaired) electrons. The molecule has 122 valence electrons. The molecule has 2 aromatic rings. The highest BCUT2D eigenvalue weighted by atomic mass is 35.5. The number of fused-ring (bicyclic) bond motifs is 1. The van der Waals surface area contributed by atoms with Crippen LogP contribution in [-0.2, 0) is 4.74 Å². The average molecular weight is 355 g/mol. The van der Waals surface area contributed by atoms with E-state index in [9.17, 15) is 4.79 Å². The molecule has 0 atom stereocenters. The van der Waals surface area contributed by atoms with Crippen molar-refractivity contribution < 1.29 is 9.53 Å². The first kappa shape index (κ1) is 16.1. The summed E-state index contributed by atoms with van der Waals surface area (Å²) in [7, 11) is 0. The zero-order chi connectivity index (χ0) is 16.4. The van der Waals surface area contributed by atoms with Gasteiger partial charge in [-0.1, -0.05) is 23.2 Å². The second kappa shape index (κ2) is 6.76. The van der Waals surface area contributed by atoms with Crippen molar-refractivity contribution in [2.45, 2.75) is 6.92 Å². The third kappa shape index (κ3) is 3.43. The lowest BCUT2D eigenvalue weighted by Gasteiger charge is -2.34. The SMILES string of the molecule is CCOC(=O)N1CCN(c2cnc3cc(Cl)c(Cl)cc3n2)CC1. The van der Waals surface area contributed by atoms with Gasteiger partial charge in [-0.2, -0.15) is 0 Å². The van der Waals surface area contributed by atoms with Crippen molar-refractivity contribution in [3.8, 4) is 0 Å². The molecule has 0 saturated carbocycles. The molecule has 0 unspecified atom stereocenters. The molecule has 0 aliphatic carbocycles. The van der Waals surface area contributed by atoms with Crippen LogP contribution in [0.2, 0.25) is 10.0 Å². The molecule has 23 heavy (non-hydrogen) atoms. The summed E-state index contributed by atoms with van der Waals surface area (Å²) in [6.07, 6.45) is 1.45. The fourth-order valence-electron chi connectivity index (χ4n) is 2.48. The third-order valence-corrected chi connectivity index (χ3v) is 4.42. The molecule has 1 aromatic carbocycles. The van der Waals surface area contributed by atoms with Gasteiger partial charge in [-0.3, -0.25) is 4.98 Å². The summed E-state index contributed by atoms with van der Waals surface area (Å²) in [6, 6.07) is 3.42. The van der Waals surface area contributed by atoms with Crippen LogP contribution in [-0.4, -0.2) is 53.7 Å². The van der Waals surface area contributed by atoms with E-state index in [0.29, 0.717) is 53.9 Å². The van der Waals surface area contributed by atoms with E-state index in [4.69, 9.17) is 27.9 Å². The number of hydrogen-bond acceptors (Lipinski definition) is 5. The first-order valence-corrected chi connectivity index (χ1v) is 8.12. The lowest BCUT2D eigenvalue weighted by atomic mass is 10.3. The summed E-state index contributed by atoms with van der Waals surface area (Å²) in [5, 5.41) is 0.919. The minimum absolute atomic E-state index is 0.266. The molecular formula is C15H16Cl2N4O2. The number of rotatable bonds is 2. The Kier molecular flexibility index (Phi) is 4.73. The van der Waals surface area contributed by atoms with Gasteiger partial charge < -0.3 is 14.5 Å². The number of carbonyl (C=O) groups is 1. The minimum Gasteiger partial charge on any atom is -0.450 e. The molecule has 0 bridgehead atoms. The highest BCUT2D eigenvalue weighted by molar-refractivity contribution is 6.42. The first-order chi connectivity index (χ1) is 11.1. The number of carbonyl (C=O) groups excluding carboxylic acids is 1. The molecule has 1 fully saturated rings. The molecule has 3 rings (SSSR count). The maximum absolute atomic E-state index is 11.7. The van der Waals surface area contributed by atoms with Gasteiger partial charge in [0.05, 0.1) is 33.9 Å². The van der Waals surface area contributed by atoms with Crippen molar-refractivity contribution in [3.05, 3.63) is 28.4 Å². The summed E-state index contributed by atoms with van der Waals surface area (Å²) < 4.78 is 5.02. The molecule has 1 saturated heterocycles. The number of amides is 1. The Morgan fingerprint density at radius 1 is 1.17 bits per heavy atom. The Balaban J connectivity index is 1.74. The standard InChI is InChI=1S/C15H16Cl2N4O2/c1-2-23-15(22)21-5-3-20(4-6-21)14-9-18-12-7-10(16)11(17)8-13(12)19-14/h7-9H,2-6H2,1H3. The highest BCUT2D eigenvalue weighted by Crippen LogP contribution is 2.27. The van der Waals surface area contributed by atoms with E-state index in [2.05, 4.69) is 14.9 Å². The number of anilines is 1. The molecule has 6 nitrogen and oxygen atoms in total. The summed E-state index contributed by atoms with van der Waals surface area (Å²) >= 11 is 12.0. The second-order valence-electron chi connectivity index (χ2n) is 5.16. The lowest BCUT2D eigenvalue weighted by molar-refractivity contribution is 0.105. The van der Waals surface area contributed by atoms with Crippen LogP contribution < -0.4 is 4.90 Å². The van der Waals surface area contributed by atoms with Crippen molar-refractivity contribution in [2.24, 2.45) is 0 Å². The van der Waals surface area contributed by atoms with Gasteiger partial charge in [0.15, 0.2) is 0 Å². The summed E-state index contributed by atoms with van der Waals surface area (Å²) in [5.41, 5.74) is 1.40. The fourth-order valence-corrected chi connectivity index (χ4v) is 2.80. The largest absolute Gasteiger partial charge is 0.450 e. The number of halogens is 2. The second-order valence-corrected chi connectivity index (χ2v) is 5.97. The van der Waals surface area contributed by atoms with Crippen molar-refractivity contribution >= 4 is 46.1 Å². The fraction of sp³-hybridized carbons (Fsp3) is 0.400. The maximum Gasteiger partial charge on any atom is 0.409 e. The van der Waals surface area contributed by atoms with Gasteiger partial charge in [0.25, 0.3) is 0 Å². The number of nitrogens with zero attached hydrogens (tertiary/aromatic N) is 4. The Morgan fingerprint density at radius 3 is 2.48 bits per heavy atom. The van der Waals surface area contributed by atoms with E-state index in [1.165, 1.54) is 0 Å². The first-order valence-electron chi connectivity index (χ1n) is 7.37. The number of ether oxygens (including phenoxy) is 1. The van der Waals surface area contributed by atoms with Crippen LogP contribution in [0.4, 0.5) is 10.6 Å². The molecule has 1 aliphatic heterocycles. The Labute approximate surface area is 144 Å². The predicted molar refractivity (Wildman–Crippen MR) is 90.4 cm³/mol. The number of piperazine rings is 1. The molecule has 8 heteroatoms. The summed E-state index contributed by atoms with van der Waals surface area (Å²) in [5.74, 6) is 0.763. The van der Waals surface area contributed by atoms with E-state index in [1.807, 2.05) is 0 Å². The van der Waals surface area contributed by atoms with E-state index < -0.39 is 0 Å². The van der Waals surface area contributed by atoms with E-state index in [1.54, 1.807) is 30.2 Å². The van der Waals surface area contributed by atoms with Crippen LogP contribution in [0.3, 0.4) is 0 Å². The average Bonchev–Trinajstić information content (AvgIpc) is 2.56. The van der Waals surface area contributed by atoms with Crippen LogP contribution in [0.1, 0.15) is 6.92 Å². The van der Waals surface area contributed by atoms with Crippen molar-refractivity contribution in [2.75, 3.05) is 37.7 Å². The van der Waals surface area contributed by atoms with Gasteiger partial charge in [0, 0.05) is 26.2 Å². The van der Waals surface area contributed by atoms with E-state index in [-0.39, 0.29) is 6.09 Å². The quantitative estimate of drug-likeness (QED) is 0.828. The zero-order valence-corrected chi connectivity index (χ0v) is 14.1. The normalized spacial score (nSPS) is 15.1. The van der Waals surface area contributed by atoms with Crippen LogP contribution in [0.25, 0.3) is 11.0 Å². The third-order valence-electron chi connectivity index (χ3n) is 3.70. The highest BCUT2D eigenvalue weighted by Gasteiger charge is 2.23. The van der Waals surface area contributed by atoms with Crippen molar-refractivity contribution in [1.29, 1.82) is 0 Å². The van der Waals surface area contributed by atoms with Crippen LogP contribution in [0, 0.1) is 0 Å². The van der Waals surface area contributed by atoms with Crippen molar-refractivity contribution in [3.63, 3.8) is 0 Å². The predicted octanol–water partition coefficient (Wildman–Crippen LogP) is 3.22. The lowest BCUT2D eigenvalue weighted by Crippen LogP contribution is -2.49. The van der Waals surface area contributed by atoms with Crippen molar-refractivity contribution in [1.82, 2.24) is 14.9 Å². The topological polar surface area (TPSA) is 58.6 Å². The maximum atomic E-state index is 11.7. The van der Waals surface area contributed by atoms with Gasteiger partial charge >= 0.3 is 6.09 Å². The van der Waals surface area contributed by atoms with Gasteiger partial charge in [-0.05, 0) is 19.1 Å². The Hall–Kier alpha value is -1.79. The molecular weight excluding hydrogens is 339 g/mol. The zero-order valence-electron chi connectivity index (χ0n) is 12.6. The smallest absolute Gasteiger partial charge is 0.409 e. The van der Waals surface area contributed by atoms with Gasteiger partial charge in [-0.25, -0.2) is 9.78 Å². The molecule has 1 aliphatic rings. The van der Waals surface area contributed by atoms with Crippen LogP contribution in [0.15, 0.2) is 18.3 Å². The van der Waals surface area contributed by atoms with E-state index in [0.717, 1.165) is 5.82 Å². The number of hydrogen-bond donors (Lipinski definition) is 0. The number of benzene rings is 1. The van der Waals surface area contributed by atoms with Gasteiger partial charge in [0.1, 0.15) is 5.82 Å². The molecule has 0 spiro atoms. The molecule has 1 aromatic heterocycles. The molecule has 0 N–H and O–H groups in total. The molecule has 1 amide bonds. The van der Waals surface area contributed by atoms with Gasteiger partial charge in [0.2, 0.25) is 0 Å². The van der Waals surface area contributed by atoms with Crippen LogP contribution in [0.5, 0.6) is 0 Å². The Morgan fingerprint density at radius 2 is 1.83 bits per heavy atom. The summed E-state index contributed by atoms with van der Waals surface area (Å²) in [6.45, 7) is 4.75.